The molecule has 4 aromatic rings. The average Bonchev–Trinajstić information content (AvgIpc) is 3.17. The second-order valence-electron chi connectivity index (χ2n) is 9.17. The van der Waals surface area contributed by atoms with Gasteiger partial charge in [0, 0.05) is 0 Å². The van der Waals surface area contributed by atoms with Crippen molar-refractivity contribution in [3.63, 3.8) is 0 Å². The third kappa shape index (κ3) is 4.60. The zero-order valence-electron chi connectivity index (χ0n) is 20.0. The van der Waals surface area contributed by atoms with Crippen LogP contribution in [0.2, 0.25) is 0 Å². The molecular formula is C25H25FN5O6P. The van der Waals surface area contributed by atoms with Gasteiger partial charge in [-0.1, -0.05) is 60.7 Å². The summed E-state index contributed by atoms with van der Waals surface area (Å²) in [6, 6.07) is 18.3. The number of hydrogen-bond donors (Lipinski definition) is 2. The Bertz CT molecular complexity index is 1430. The van der Waals surface area contributed by atoms with Crippen molar-refractivity contribution in [2.24, 2.45) is 11.8 Å². The van der Waals surface area contributed by atoms with Crippen LogP contribution in [-0.2, 0) is 36.1 Å². The largest absolute Gasteiger partial charge is 0.475 e. The second kappa shape index (κ2) is 9.81. The monoisotopic (exact) mass is 541 g/mol. The number of nitrogen functional groups attached to an aromatic ring is 1. The minimum atomic E-state index is -4.10. The highest BCUT2D eigenvalue weighted by molar-refractivity contribution is 7.48. The normalized spacial score (nSPS) is 26.5. The fraction of sp³-hybridized carbons (Fsp3) is 0.320. The predicted octanol–water partition coefficient (Wildman–Crippen LogP) is 3.77. The van der Waals surface area contributed by atoms with Gasteiger partial charge in [0.2, 0.25) is 5.85 Å². The van der Waals surface area contributed by atoms with Gasteiger partial charge in [-0.15, -0.1) is 0 Å². The Balaban J connectivity index is 1.13. The maximum Gasteiger partial charge on any atom is 0.475 e. The topological polar surface area (TPSA) is 144 Å². The van der Waals surface area contributed by atoms with Gasteiger partial charge in [0.1, 0.15) is 17.9 Å². The molecule has 38 heavy (non-hydrogen) atoms. The van der Waals surface area contributed by atoms with Crippen molar-refractivity contribution in [3.8, 4) is 0 Å². The van der Waals surface area contributed by atoms with Crippen molar-refractivity contribution in [2.45, 2.75) is 31.4 Å². The highest BCUT2D eigenvalue weighted by Crippen LogP contribution is 2.66. The summed E-state index contributed by atoms with van der Waals surface area (Å²) in [6.07, 6.45) is 0.308. The number of halogens is 1. The average molecular weight is 541 g/mol. The van der Waals surface area contributed by atoms with E-state index in [0.717, 1.165) is 11.1 Å². The number of rotatable bonds is 10. The SMILES string of the molecule is Nc1ncnc2c1ncn2[C@@H]1OC2(F)C(C1O)[C@H]2COP(=O)(OCc1ccccc1)OCc1ccccc1. The van der Waals surface area contributed by atoms with Crippen LogP contribution in [-0.4, -0.2) is 43.2 Å². The Morgan fingerprint density at radius 2 is 1.63 bits per heavy atom. The molecule has 0 radical (unpaired) electrons. The minimum absolute atomic E-state index is 0.0261. The van der Waals surface area contributed by atoms with Crippen LogP contribution in [0.1, 0.15) is 17.4 Å². The molecule has 1 saturated heterocycles. The van der Waals surface area contributed by atoms with Crippen LogP contribution in [0.3, 0.4) is 0 Å². The quantitative estimate of drug-likeness (QED) is 0.285. The van der Waals surface area contributed by atoms with Gasteiger partial charge in [-0.3, -0.25) is 18.1 Å². The lowest BCUT2D eigenvalue weighted by Gasteiger charge is -2.23. The third-order valence-electron chi connectivity index (χ3n) is 6.78. The number of alkyl halides is 1. The van der Waals surface area contributed by atoms with Gasteiger partial charge >= 0.3 is 7.82 Å². The van der Waals surface area contributed by atoms with Crippen molar-refractivity contribution in [1.29, 1.82) is 0 Å². The summed E-state index contributed by atoms with van der Waals surface area (Å²) in [5.74, 6) is -3.82. The number of benzene rings is 2. The molecule has 13 heteroatoms. The molecule has 198 valence electrons. The maximum atomic E-state index is 15.7. The molecule has 5 atom stereocenters. The molecule has 2 fully saturated rings. The first-order valence-electron chi connectivity index (χ1n) is 12.0. The molecular weight excluding hydrogens is 516 g/mol. The summed E-state index contributed by atoms with van der Waals surface area (Å²) >= 11 is 0. The highest BCUT2D eigenvalue weighted by Gasteiger charge is 2.78. The number of aliphatic hydroxyl groups is 1. The Morgan fingerprint density at radius 1 is 1.00 bits per heavy atom. The van der Waals surface area contributed by atoms with Crippen molar-refractivity contribution in [3.05, 3.63) is 84.4 Å². The third-order valence-corrected chi connectivity index (χ3v) is 8.14. The van der Waals surface area contributed by atoms with E-state index in [-0.39, 0.29) is 25.6 Å². The van der Waals surface area contributed by atoms with Crippen LogP contribution in [0.5, 0.6) is 0 Å². The van der Waals surface area contributed by atoms with Gasteiger partial charge in [0.05, 0.1) is 38.0 Å². The summed E-state index contributed by atoms with van der Waals surface area (Å²) < 4.78 is 53.0. The Kier molecular flexibility index (Phi) is 6.47. The highest BCUT2D eigenvalue weighted by atomic mass is 31.2. The molecule has 2 aliphatic rings. The summed E-state index contributed by atoms with van der Waals surface area (Å²) in [7, 11) is -4.10. The minimum Gasteiger partial charge on any atom is -0.388 e. The van der Waals surface area contributed by atoms with E-state index < -0.39 is 37.8 Å². The predicted molar refractivity (Wildman–Crippen MR) is 133 cm³/mol. The standard InChI is InChI=1S/C25H25FN5O6P/c26-25-18(19(25)21(32)24(37-25)31-15-30-20-22(27)28-14-29-23(20)31)13-36-38(33,34-11-16-7-3-1-4-8-16)35-12-17-9-5-2-6-10-17/h1-10,14-15,18-19,21,24,32H,11-13H2,(H2,27,28,29)/t18-,19?,21?,24-,25?/m1/s1. The molecule has 3 heterocycles. The van der Waals surface area contributed by atoms with E-state index in [4.69, 9.17) is 24.0 Å². The molecule has 3 N–H and O–H groups in total. The molecule has 2 aromatic carbocycles. The molecule has 1 aliphatic heterocycles. The van der Waals surface area contributed by atoms with Gasteiger partial charge < -0.3 is 15.6 Å². The molecule has 6 rings (SSSR count). The first kappa shape index (κ1) is 25.1. The van der Waals surface area contributed by atoms with Crippen LogP contribution in [0.25, 0.3) is 11.2 Å². The molecule has 2 aromatic heterocycles. The molecule has 0 bridgehead atoms. The second-order valence-corrected chi connectivity index (χ2v) is 10.8. The van der Waals surface area contributed by atoms with Gasteiger partial charge in [0.25, 0.3) is 0 Å². The Labute approximate surface area is 217 Å². The van der Waals surface area contributed by atoms with E-state index in [9.17, 15) is 9.67 Å². The van der Waals surface area contributed by atoms with Crippen LogP contribution < -0.4 is 5.73 Å². The first-order valence-corrected chi connectivity index (χ1v) is 13.4. The summed E-state index contributed by atoms with van der Waals surface area (Å²) in [5, 5.41) is 10.9. The molecule has 0 spiro atoms. The number of nitrogens with two attached hydrogens (primary N) is 1. The lowest BCUT2D eigenvalue weighted by molar-refractivity contribution is -0.142. The van der Waals surface area contributed by atoms with Gasteiger partial charge in [-0.2, -0.15) is 0 Å². The number of anilines is 1. The number of hydrogen-bond acceptors (Lipinski definition) is 10. The van der Waals surface area contributed by atoms with Gasteiger partial charge in [0.15, 0.2) is 17.7 Å². The first-order chi connectivity index (χ1) is 18.4. The number of imidazole rings is 1. The van der Waals surface area contributed by atoms with E-state index in [1.54, 1.807) is 0 Å². The van der Waals surface area contributed by atoms with Crippen molar-refractivity contribution in [2.75, 3.05) is 12.3 Å². The Hall–Kier alpha value is -3.25. The van der Waals surface area contributed by atoms with Crippen LogP contribution >= 0.6 is 7.82 Å². The van der Waals surface area contributed by atoms with E-state index in [2.05, 4.69) is 15.0 Å². The fourth-order valence-corrected chi connectivity index (χ4v) is 5.91. The molecule has 1 saturated carbocycles. The lowest BCUT2D eigenvalue weighted by Crippen LogP contribution is -2.27. The number of nitrogens with zero attached hydrogens (tertiary/aromatic N) is 4. The smallest absolute Gasteiger partial charge is 0.388 e. The van der Waals surface area contributed by atoms with Crippen LogP contribution in [0, 0.1) is 11.8 Å². The number of aliphatic hydroxyl groups excluding tert-OH is 1. The van der Waals surface area contributed by atoms with Crippen LogP contribution in [0.15, 0.2) is 73.3 Å². The van der Waals surface area contributed by atoms with Crippen molar-refractivity contribution in [1.82, 2.24) is 19.5 Å². The lowest BCUT2D eigenvalue weighted by atomic mass is 10.2. The van der Waals surface area contributed by atoms with E-state index >= 15 is 4.39 Å². The molecule has 1 aliphatic carbocycles. The number of aromatic nitrogens is 4. The molecule has 0 amide bonds. The van der Waals surface area contributed by atoms with E-state index in [1.807, 2.05) is 60.7 Å². The number of fused-ring (bicyclic) bond motifs is 2. The number of phosphoric ester groups is 1. The summed E-state index contributed by atoms with van der Waals surface area (Å²) in [5.41, 5.74) is 7.99. The zero-order valence-corrected chi connectivity index (χ0v) is 20.9. The number of phosphoric acid groups is 1. The van der Waals surface area contributed by atoms with E-state index in [0.29, 0.717) is 11.2 Å². The summed E-state index contributed by atoms with van der Waals surface area (Å²) in [6.45, 7) is -0.394. The molecule has 11 nitrogen and oxygen atoms in total. The van der Waals surface area contributed by atoms with Crippen LogP contribution in [0.4, 0.5) is 10.2 Å². The number of ether oxygens (including phenoxy) is 1. The zero-order chi connectivity index (χ0) is 26.3. The Morgan fingerprint density at radius 3 is 2.21 bits per heavy atom. The van der Waals surface area contributed by atoms with Gasteiger partial charge in [-0.25, -0.2) is 23.9 Å². The van der Waals surface area contributed by atoms with E-state index in [1.165, 1.54) is 17.2 Å². The summed E-state index contributed by atoms with van der Waals surface area (Å²) in [4.78, 5) is 12.1. The fourth-order valence-electron chi connectivity index (χ4n) is 4.73. The maximum absolute atomic E-state index is 15.7. The van der Waals surface area contributed by atoms with Gasteiger partial charge in [-0.05, 0) is 11.1 Å². The molecule has 3 unspecified atom stereocenters. The van der Waals surface area contributed by atoms with Crippen molar-refractivity contribution >= 4 is 24.8 Å². The van der Waals surface area contributed by atoms with Crippen molar-refractivity contribution < 1.29 is 32.4 Å².